The van der Waals surface area contributed by atoms with Gasteiger partial charge in [0.1, 0.15) is 0 Å². The third kappa shape index (κ3) is 2.62. The Morgan fingerprint density at radius 1 is 1.39 bits per heavy atom. The van der Waals surface area contributed by atoms with Crippen molar-refractivity contribution in [2.45, 2.75) is 26.9 Å². The van der Waals surface area contributed by atoms with Crippen LogP contribution in [-0.4, -0.2) is 23.9 Å². The number of nitrogens with one attached hydrogen (secondary N) is 1. The average molecular weight is 244 g/mol. The number of benzene rings is 1. The molecular formula is C15H20N2O. The van der Waals surface area contributed by atoms with Crippen LogP contribution in [0, 0.1) is 0 Å². The van der Waals surface area contributed by atoms with Crippen LogP contribution in [0.15, 0.2) is 30.4 Å². The van der Waals surface area contributed by atoms with E-state index in [1.165, 1.54) is 11.1 Å². The van der Waals surface area contributed by atoms with Crippen molar-refractivity contribution in [1.29, 1.82) is 0 Å². The fourth-order valence-corrected chi connectivity index (χ4v) is 2.26. The molecule has 96 valence electrons. The summed E-state index contributed by atoms with van der Waals surface area (Å²) in [5.41, 5.74) is 4.33. The van der Waals surface area contributed by atoms with Crippen LogP contribution in [0.2, 0.25) is 0 Å². The summed E-state index contributed by atoms with van der Waals surface area (Å²) < 4.78 is 0. The first-order valence-corrected chi connectivity index (χ1v) is 6.38. The second kappa shape index (κ2) is 5.36. The van der Waals surface area contributed by atoms with Gasteiger partial charge in [-0.05, 0) is 37.1 Å². The highest BCUT2D eigenvalue weighted by Gasteiger charge is 2.17. The summed E-state index contributed by atoms with van der Waals surface area (Å²) in [5, 5.41) is 3.29. The van der Waals surface area contributed by atoms with Gasteiger partial charge in [0.25, 0.3) is 5.91 Å². The quantitative estimate of drug-likeness (QED) is 0.824. The number of hydrogen-bond acceptors (Lipinski definition) is 2. The summed E-state index contributed by atoms with van der Waals surface area (Å²) in [7, 11) is 0. The van der Waals surface area contributed by atoms with Crippen LogP contribution in [0.4, 0.5) is 0 Å². The fourth-order valence-electron chi connectivity index (χ4n) is 2.26. The Morgan fingerprint density at radius 3 is 2.78 bits per heavy atom. The molecule has 0 aromatic heterocycles. The number of likely N-dealkylation sites (N-methyl/N-ethyl adjacent to an activating group) is 1. The van der Waals surface area contributed by atoms with Crippen molar-refractivity contribution in [3.05, 3.63) is 47.0 Å². The van der Waals surface area contributed by atoms with Crippen molar-refractivity contribution in [1.82, 2.24) is 10.2 Å². The van der Waals surface area contributed by atoms with E-state index in [1.54, 1.807) is 0 Å². The standard InChI is InChI=1S/C15H20N2O/c1-4-17(10-11(2)3)15(18)12-5-6-13-8-16-9-14(13)7-12/h5-7,16H,2,4,8-10H2,1,3H3. The predicted molar refractivity (Wildman–Crippen MR) is 73.4 cm³/mol. The molecule has 0 saturated heterocycles. The summed E-state index contributed by atoms with van der Waals surface area (Å²) in [6, 6.07) is 5.99. The van der Waals surface area contributed by atoms with Gasteiger partial charge in [-0.1, -0.05) is 18.2 Å². The lowest BCUT2D eigenvalue weighted by Crippen LogP contribution is -2.32. The number of fused-ring (bicyclic) bond motifs is 1. The zero-order valence-corrected chi connectivity index (χ0v) is 11.1. The molecule has 1 N–H and O–H groups in total. The molecule has 0 fully saturated rings. The van der Waals surface area contributed by atoms with Gasteiger partial charge in [0.05, 0.1) is 0 Å². The molecule has 0 saturated carbocycles. The second-order valence-corrected chi connectivity index (χ2v) is 4.86. The Hall–Kier alpha value is -1.61. The van der Waals surface area contributed by atoms with E-state index >= 15 is 0 Å². The molecule has 1 aliphatic heterocycles. The maximum Gasteiger partial charge on any atom is 0.254 e. The highest BCUT2D eigenvalue weighted by atomic mass is 16.2. The van der Waals surface area contributed by atoms with E-state index in [-0.39, 0.29) is 5.91 Å². The van der Waals surface area contributed by atoms with E-state index in [9.17, 15) is 4.79 Å². The van der Waals surface area contributed by atoms with Crippen molar-refractivity contribution in [3.8, 4) is 0 Å². The number of hydrogen-bond donors (Lipinski definition) is 1. The van der Waals surface area contributed by atoms with E-state index in [0.29, 0.717) is 13.1 Å². The van der Waals surface area contributed by atoms with Gasteiger partial charge < -0.3 is 10.2 Å². The van der Waals surface area contributed by atoms with Gasteiger partial charge in [-0.15, -0.1) is 0 Å². The maximum absolute atomic E-state index is 12.4. The fraction of sp³-hybridized carbons (Fsp3) is 0.400. The molecule has 1 aliphatic rings. The number of carbonyl (C=O) groups excluding carboxylic acids is 1. The highest BCUT2D eigenvalue weighted by molar-refractivity contribution is 5.94. The third-order valence-electron chi connectivity index (χ3n) is 3.21. The molecule has 3 nitrogen and oxygen atoms in total. The SMILES string of the molecule is C=C(C)CN(CC)C(=O)c1ccc2c(c1)CNC2. The minimum absolute atomic E-state index is 0.0928. The summed E-state index contributed by atoms with van der Waals surface area (Å²) in [6.45, 7) is 10.9. The van der Waals surface area contributed by atoms with Crippen molar-refractivity contribution < 1.29 is 4.79 Å². The number of amides is 1. The largest absolute Gasteiger partial charge is 0.335 e. The van der Waals surface area contributed by atoms with Gasteiger partial charge in [0.15, 0.2) is 0 Å². The molecule has 0 aliphatic carbocycles. The Balaban J connectivity index is 2.19. The molecule has 1 aromatic carbocycles. The van der Waals surface area contributed by atoms with Crippen LogP contribution < -0.4 is 5.32 Å². The van der Waals surface area contributed by atoms with Gasteiger partial charge in [-0.2, -0.15) is 0 Å². The van der Waals surface area contributed by atoms with E-state index in [2.05, 4.69) is 18.0 Å². The van der Waals surface area contributed by atoms with E-state index in [4.69, 9.17) is 0 Å². The number of carbonyl (C=O) groups is 1. The zero-order valence-electron chi connectivity index (χ0n) is 11.1. The molecule has 0 atom stereocenters. The third-order valence-corrected chi connectivity index (χ3v) is 3.21. The number of nitrogens with zero attached hydrogens (tertiary/aromatic N) is 1. The van der Waals surface area contributed by atoms with Crippen LogP contribution in [-0.2, 0) is 13.1 Å². The van der Waals surface area contributed by atoms with Crippen molar-refractivity contribution in [3.63, 3.8) is 0 Å². The van der Waals surface area contributed by atoms with E-state index in [1.807, 2.05) is 30.9 Å². The monoisotopic (exact) mass is 244 g/mol. The van der Waals surface area contributed by atoms with Gasteiger partial charge in [0, 0.05) is 31.7 Å². The lowest BCUT2D eigenvalue weighted by molar-refractivity contribution is 0.0778. The molecule has 3 heteroatoms. The Kier molecular flexibility index (Phi) is 3.82. The van der Waals surface area contributed by atoms with Crippen molar-refractivity contribution >= 4 is 5.91 Å². The van der Waals surface area contributed by atoms with Crippen LogP contribution >= 0.6 is 0 Å². The van der Waals surface area contributed by atoms with Gasteiger partial charge in [0.2, 0.25) is 0 Å². The van der Waals surface area contributed by atoms with Crippen LogP contribution in [0.25, 0.3) is 0 Å². The van der Waals surface area contributed by atoms with E-state index in [0.717, 1.165) is 24.2 Å². The lowest BCUT2D eigenvalue weighted by atomic mass is 10.1. The summed E-state index contributed by atoms with van der Waals surface area (Å²) in [4.78, 5) is 14.2. The first kappa shape index (κ1) is 12.8. The second-order valence-electron chi connectivity index (χ2n) is 4.86. The number of rotatable bonds is 4. The average Bonchev–Trinajstić information content (AvgIpc) is 2.81. The molecule has 1 aromatic rings. The molecule has 1 amide bonds. The molecule has 1 heterocycles. The van der Waals surface area contributed by atoms with Crippen molar-refractivity contribution in [2.75, 3.05) is 13.1 Å². The van der Waals surface area contributed by atoms with Crippen LogP contribution in [0.1, 0.15) is 35.3 Å². The Morgan fingerprint density at radius 2 is 2.11 bits per heavy atom. The smallest absolute Gasteiger partial charge is 0.254 e. The first-order chi connectivity index (χ1) is 8.61. The first-order valence-electron chi connectivity index (χ1n) is 6.38. The summed E-state index contributed by atoms with van der Waals surface area (Å²) in [5.74, 6) is 0.0928. The molecule has 0 unspecified atom stereocenters. The Labute approximate surface area is 108 Å². The minimum Gasteiger partial charge on any atom is -0.335 e. The molecule has 0 bridgehead atoms. The topological polar surface area (TPSA) is 32.3 Å². The molecular weight excluding hydrogens is 224 g/mol. The van der Waals surface area contributed by atoms with E-state index < -0.39 is 0 Å². The van der Waals surface area contributed by atoms with Crippen LogP contribution in [0.3, 0.4) is 0 Å². The molecule has 0 radical (unpaired) electrons. The summed E-state index contributed by atoms with van der Waals surface area (Å²) >= 11 is 0. The molecule has 0 spiro atoms. The molecule has 18 heavy (non-hydrogen) atoms. The van der Waals surface area contributed by atoms with Gasteiger partial charge in [-0.25, -0.2) is 0 Å². The highest BCUT2D eigenvalue weighted by Crippen LogP contribution is 2.18. The Bertz CT molecular complexity index is 479. The minimum atomic E-state index is 0.0928. The summed E-state index contributed by atoms with van der Waals surface area (Å²) in [6.07, 6.45) is 0. The van der Waals surface area contributed by atoms with Gasteiger partial charge >= 0.3 is 0 Å². The zero-order chi connectivity index (χ0) is 13.1. The normalized spacial score (nSPS) is 13.2. The van der Waals surface area contributed by atoms with Gasteiger partial charge in [-0.3, -0.25) is 4.79 Å². The molecule has 2 rings (SSSR count). The maximum atomic E-state index is 12.4. The van der Waals surface area contributed by atoms with Crippen molar-refractivity contribution in [2.24, 2.45) is 0 Å². The predicted octanol–water partition coefficient (Wildman–Crippen LogP) is 2.33. The van der Waals surface area contributed by atoms with Crippen LogP contribution in [0.5, 0.6) is 0 Å². The lowest BCUT2D eigenvalue weighted by Gasteiger charge is -2.21.